The van der Waals surface area contributed by atoms with E-state index in [1.165, 1.54) is 0 Å². The van der Waals surface area contributed by atoms with Crippen molar-refractivity contribution < 1.29 is 64.2 Å². The highest BCUT2D eigenvalue weighted by atomic mass is 31.3. The summed E-state index contributed by atoms with van der Waals surface area (Å²) in [4.78, 5) is 44.5. The molecule has 0 aromatic carbocycles. The van der Waals surface area contributed by atoms with Crippen LogP contribution in [0.25, 0.3) is 0 Å². The lowest BCUT2D eigenvalue weighted by atomic mass is 10.7. The lowest BCUT2D eigenvalue weighted by Crippen LogP contribution is -2.23. The number of phosphoric acid groups is 3. The topological polar surface area (TPSA) is 222 Å². The van der Waals surface area contributed by atoms with E-state index < -0.39 is 47.3 Å². The second-order valence-electron chi connectivity index (χ2n) is 4.61. The zero-order valence-electron chi connectivity index (χ0n) is 15.5. The first-order chi connectivity index (χ1) is 13.1. The lowest BCUT2D eigenvalue weighted by molar-refractivity contribution is -0.137. The first-order valence-corrected chi connectivity index (χ1v) is 11.7. The highest BCUT2D eigenvalue weighted by Crippen LogP contribution is 2.73. The third-order valence-corrected chi connectivity index (χ3v) is 7.26. The average molecular weight is 484 g/mol. The molecule has 0 radical (unpaired) electrons. The maximum Gasteiger partial charge on any atom is 0.601 e. The molecule has 2 atom stereocenters. The first kappa shape index (κ1) is 27.4. The number of phosphoric ester groups is 1. The summed E-state index contributed by atoms with van der Waals surface area (Å²) in [5.41, 5.74) is 7.10. The van der Waals surface area contributed by atoms with E-state index in [-0.39, 0.29) is 13.1 Å². The Morgan fingerprint density at radius 2 is 1.03 bits per heavy atom. The van der Waals surface area contributed by atoms with E-state index in [1.54, 1.807) is 0 Å². The van der Waals surface area contributed by atoms with Crippen LogP contribution in [0.15, 0.2) is 0 Å². The number of carbonyl (C=O) groups is 4. The molecule has 0 aliphatic heterocycles. The molecule has 0 spiro atoms. The van der Waals surface area contributed by atoms with Gasteiger partial charge in [0.1, 0.15) is 0 Å². The quantitative estimate of drug-likeness (QED) is 0.224. The molecule has 0 fully saturated rings. The van der Waals surface area contributed by atoms with E-state index in [0.29, 0.717) is 20.8 Å². The van der Waals surface area contributed by atoms with Crippen LogP contribution in [-0.4, -0.2) is 37.0 Å². The van der Waals surface area contributed by atoms with Crippen LogP contribution in [-0.2, 0) is 64.2 Å². The van der Waals surface area contributed by atoms with Gasteiger partial charge in [0.2, 0.25) is 0 Å². The van der Waals surface area contributed by atoms with Crippen LogP contribution in [0.1, 0.15) is 27.7 Å². The van der Waals surface area contributed by atoms with Crippen molar-refractivity contribution in [2.75, 3.05) is 13.1 Å². The van der Waals surface area contributed by atoms with E-state index in [0.717, 1.165) is 6.92 Å². The second-order valence-corrected chi connectivity index (χ2v) is 9.51. The van der Waals surface area contributed by atoms with Gasteiger partial charge in [-0.15, -0.1) is 0 Å². The van der Waals surface area contributed by atoms with Crippen LogP contribution in [0.2, 0.25) is 0 Å². The predicted octanol–water partition coefficient (Wildman–Crippen LogP) is 1.08. The van der Waals surface area contributed by atoms with E-state index in [1.807, 2.05) is 5.48 Å². The van der Waals surface area contributed by atoms with E-state index in [2.05, 4.69) is 31.3 Å². The highest BCUT2D eigenvalue weighted by molar-refractivity contribution is 7.68. The number of hydroxylamine groups is 1. The fourth-order valence-corrected chi connectivity index (χ4v) is 5.94. The Morgan fingerprint density at radius 1 is 0.690 bits per heavy atom. The zero-order valence-corrected chi connectivity index (χ0v) is 18.2. The number of nitrogens with two attached hydrogens (primary N) is 1. The van der Waals surface area contributed by atoms with Crippen molar-refractivity contribution in [1.82, 2.24) is 5.48 Å². The van der Waals surface area contributed by atoms with Gasteiger partial charge in [-0.1, -0.05) is 0 Å². The standard InChI is InChI=1S/C10H19N2O14P3/c1-7(13)20-27(17,21-8(2)14)25-29(19,23-10(4)16)26-28(18,22-9(3)15)24-12-6-5-11/h12H,5-6,11H2,1-4H3. The summed E-state index contributed by atoms with van der Waals surface area (Å²) in [6.07, 6.45) is 0. The Morgan fingerprint density at radius 3 is 1.41 bits per heavy atom. The molecule has 0 aliphatic carbocycles. The Kier molecular flexibility index (Phi) is 10.9. The monoisotopic (exact) mass is 484 g/mol. The molecule has 3 N–H and O–H groups in total. The predicted molar refractivity (Wildman–Crippen MR) is 90.2 cm³/mol. The summed E-state index contributed by atoms with van der Waals surface area (Å²) >= 11 is 0. The number of carbonyl (C=O) groups excluding carboxylic acids is 4. The molecule has 0 saturated carbocycles. The number of hydrogen-bond donors (Lipinski definition) is 2. The van der Waals surface area contributed by atoms with Gasteiger partial charge >= 0.3 is 47.3 Å². The molecule has 168 valence electrons. The van der Waals surface area contributed by atoms with Crippen LogP contribution < -0.4 is 11.2 Å². The van der Waals surface area contributed by atoms with Crippen molar-refractivity contribution in [2.24, 2.45) is 5.73 Å². The first-order valence-electron chi connectivity index (χ1n) is 7.29. The molecule has 16 nitrogen and oxygen atoms in total. The molecular formula is C10H19N2O14P3. The Bertz CT molecular complexity index is 762. The van der Waals surface area contributed by atoms with Crippen molar-refractivity contribution >= 4 is 47.3 Å². The van der Waals surface area contributed by atoms with Crippen LogP contribution in [0.4, 0.5) is 0 Å². The molecular weight excluding hydrogens is 465 g/mol. The van der Waals surface area contributed by atoms with Gasteiger partial charge in [-0.2, -0.15) is 18.7 Å². The third-order valence-electron chi connectivity index (χ3n) is 1.78. The van der Waals surface area contributed by atoms with Gasteiger partial charge < -0.3 is 23.8 Å². The Balaban J connectivity index is 5.99. The van der Waals surface area contributed by atoms with Gasteiger partial charge in [0.05, 0.1) is 0 Å². The molecule has 2 unspecified atom stereocenters. The lowest BCUT2D eigenvalue weighted by Gasteiger charge is -2.23. The fraction of sp³-hybridized carbons (Fsp3) is 0.600. The maximum atomic E-state index is 12.7. The summed E-state index contributed by atoms with van der Waals surface area (Å²) in [6, 6.07) is 0. The summed E-state index contributed by atoms with van der Waals surface area (Å²) < 4.78 is 67.5. The van der Waals surface area contributed by atoms with Crippen molar-refractivity contribution in [3.63, 3.8) is 0 Å². The smallest absolute Gasteiger partial charge is 0.370 e. The normalized spacial score (nSPS) is 15.3. The van der Waals surface area contributed by atoms with Gasteiger partial charge in [0, 0.05) is 40.8 Å². The summed E-state index contributed by atoms with van der Waals surface area (Å²) in [5.74, 6) is -5.36. The number of hydrogen-bond acceptors (Lipinski definition) is 16. The third kappa shape index (κ3) is 11.8. The summed E-state index contributed by atoms with van der Waals surface area (Å²) in [5, 5.41) is 0. The average Bonchev–Trinajstić information content (AvgIpc) is 2.41. The van der Waals surface area contributed by atoms with Gasteiger partial charge in [0.15, 0.2) is 0 Å². The minimum atomic E-state index is -5.64. The van der Waals surface area contributed by atoms with E-state index >= 15 is 0 Å². The van der Waals surface area contributed by atoms with Crippen molar-refractivity contribution in [1.29, 1.82) is 0 Å². The minimum Gasteiger partial charge on any atom is -0.370 e. The highest BCUT2D eigenvalue weighted by Gasteiger charge is 2.52. The molecule has 0 aromatic heterocycles. The SMILES string of the molecule is CC(=O)OP(=O)(ONCCN)OP(=O)(OC(C)=O)OP(=O)(OC(C)=O)OC(C)=O. The summed E-state index contributed by atoms with van der Waals surface area (Å²) in [6.45, 7) is 2.61. The second kappa shape index (κ2) is 11.5. The molecule has 0 amide bonds. The van der Waals surface area contributed by atoms with Crippen LogP contribution >= 0.6 is 23.5 Å². The van der Waals surface area contributed by atoms with E-state index in [4.69, 9.17) is 5.73 Å². The van der Waals surface area contributed by atoms with Crippen molar-refractivity contribution in [3.05, 3.63) is 0 Å². The van der Waals surface area contributed by atoms with Gasteiger partial charge in [-0.05, 0) is 0 Å². The van der Waals surface area contributed by atoms with Gasteiger partial charge in [0.25, 0.3) is 0 Å². The van der Waals surface area contributed by atoms with Crippen LogP contribution in [0.3, 0.4) is 0 Å². The maximum absolute atomic E-state index is 12.7. The minimum absolute atomic E-state index is 0.0632. The zero-order chi connectivity index (χ0) is 22.9. The molecule has 19 heteroatoms. The molecule has 0 saturated heterocycles. The Hall–Kier alpha value is -1.63. The number of rotatable bonds is 12. The molecule has 29 heavy (non-hydrogen) atoms. The largest absolute Gasteiger partial charge is 0.601 e. The fourth-order valence-electron chi connectivity index (χ4n) is 1.21. The molecule has 0 rings (SSSR count). The summed E-state index contributed by atoms with van der Waals surface area (Å²) in [7, 11) is -16.2. The van der Waals surface area contributed by atoms with Gasteiger partial charge in [-0.25, -0.2) is 13.7 Å². The Labute approximate surface area is 164 Å². The van der Waals surface area contributed by atoms with Crippen LogP contribution in [0.5, 0.6) is 0 Å². The molecule has 0 aromatic rings. The molecule has 0 heterocycles. The van der Waals surface area contributed by atoms with Crippen LogP contribution in [0, 0.1) is 0 Å². The molecule has 0 bridgehead atoms. The van der Waals surface area contributed by atoms with E-state index in [9.17, 15) is 32.9 Å². The van der Waals surface area contributed by atoms with Crippen molar-refractivity contribution in [2.45, 2.75) is 27.7 Å². The van der Waals surface area contributed by atoms with Gasteiger partial charge in [-0.3, -0.25) is 19.2 Å². The van der Waals surface area contributed by atoms with Crippen molar-refractivity contribution in [3.8, 4) is 0 Å². The molecule has 0 aliphatic rings. The number of nitrogens with one attached hydrogen (secondary N) is 1.